The lowest BCUT2D eigenvalue weighted by atomic mass is 9.96. The van der Waals surface area contributed by atoms with Crippen molar-refractivity contribution < 1.29 is 0 Å². The highest BCUT2D eigenvalue weighted by Gasteiger charge is 2.20. The van der Waals surface area contributed by atoms with Gasteiger partial charge in [0.1, 0.15) is 0 Å². The number of para-hydroxylation sites is 4. The maximum Gasteiger partial charge on any atom is 0.0973 e. The number of pyridine rings is 1. The normalized spacial score (nSPS) is 11.5. The summed E-state index contributed by atoms with van der Waals surface area (Å²) in [6.07, 6.45) is 1.87. The molecule has 0 saturated carbocycles. The second kappa shape index (κ2) is 16.4. The summed E-state index contributed by atoms with van der Waals surface area (Å²) in [5, 5.41) is 6.03. The molecular weight excluding hydrogens is 827 g/mol. The van der Waals surface area contributed by atoms with E-state index in [0.29, 0.717) is 0 Å². The SMILES string of the molecule is c1ccc(-c2nc3ccccc3nc2-c2ccc(N(c3ccc(-n4c5ccccc5c5cc(-c6ccc(-c7cccc8ccccc78)cc6)ccc54)cc3)c3cccc4cccnc34)cc2)cc1. The van der Waals surface area contributed by atoms with Crippen LogP contribution in [0.3, 0.4) is 0 Å². The summed E-state index contributed by atoms with van der Waals surface area (Å²) in [7, 11) is 0. The molecule has 3 heterocycles. The highest BCUT2D eigenvalue weighted by Crippen LogP contribution is 2.42. The van der Waals surface area contributed by atoms with Crippen LogP contribution in [0.5, 0.6) is 0 Å². The van der Waals surface area contributed by atoms with E-state index in [1.165, 1.54) is 43.8 Å². The summed E-state index contributed by atoms with van der Waals surface area (Å²) in [6.45, 7) is 0. The maximum absolute atomic E-state index is 5.18. The third-order valence-electron chi connectivity index (χ3n) is 13.2. The average molecular weight is 868 g/mol. The van der Waals surface area contributed by atoms with E-state index >= 15 is 0 Å². The molecule has 3 aromatic heterocycles. The zero-order valence-electron chi connectivity index (χ0n) is 36.9. The lowest BCUT2D eigenvalue weighted by Crippen LogP contribution is -2.11. The van der Waals surface area contributed by atoms with Gasteiger partial charge in [-0.25, -0.2) is 9.97 Å². The van der Waals surface area contributed by atoms with E-state index in [1.807, 2.05) is 54.7 Å². The Morgan fingerprint density at radius 3 is 1.69 bits per heavy atom. The van der Waals surface area contributed by atoms with Crippen LogP contribution in [0.1, 0.15) is 0 Å². The minimum Gasteiger partial charge on any atom is -0.309 e. The summed E-state index contributed by atoms with van der Waals surface area (Å²) in [6, 6.07) is 86.2. The Morgan fingerprint density at radius 1 is 0.353 bits per heavy atom. The first-order valence-electron chi connectivity index (χ1n) is 23.0. The van der Waals surface area contributed by atoms with Gasteiger partial charge < -0.3 is 9.47 Å². The summed E-state index contributed by atoms with van der Waals surface area (Å²) >= 11 is 0. The molecule has 5 nitrogen and oxygen atoms in total. The molecule has 0 bridgehead atoms. The lowest BCUT2D eigenvalue weighted by Gasteiger charge is -2.27. The molecule has 5 heteroatoms. The summed E-state index contributed by atoms with van der Waals surface area (Å²) < 4.78 is 2.38. The standard InChI is InChI=1S/C63H41N5/c1-2-14-46(15-3-1)62-63(66-57-23-8-7-22-56(57)65-62)47-30-33-49(34-31-47)67(60-25-11-17-45-18-12-40-64-61(45)60)50-35-37-51(38-36-50)68-58-24-9-6-20-54(58)55-41-48(32-39-59(55)68)42-26-28-44(29-27-42)53-21-10-16-43-13-4-5-19-52(43)53/h1-41H. The van der Waals surface area contributed by atoms with Crippen LogP contribution in [0.4, 0.5) is 17.1 Å². The van der Waals surface area contributed by atoms with Crippen LogP contribution in [-0.4, -0.2) is 19.5 Å². The van der Waals surface area contributed by atoms with Gasteiger partial charge in [-0.3, -0.25) is 4.98 Å². The van der Waals surface area contributed by atoms with Gasteiger partial charge in [0.2, 0.25) is 0 Å². The minimum absolute atomic E-state index is 0.845. The highest BCUT2D eigenvalue weighted by atomic mass is 15.1. The van der Waals surface area contributed by atoms with Crippen molar-refractivity contribution in [1.29, 1.82) is 0 Å². The predicted molar refractivity (Wildman–Crippen MR) is 283 cm³/mol. The maximum atomic E-state index is 5.18. The molecule has 0 unspecified atom stereocenters. The van der Waals surface area contributed by atoms with E-state index < -0.39 is 0 Å². The zero-order valence-corrected chi connectivity index (χ0v) is 36.9. The number of benzene rings is 10. The van der Waals surface area contributed by atoms with Crippen molar-refractivity contribution in [2.75, 3.05) is 4.90 Å². The Hall–Kier alpha value is -9.19. The molecule has 0 aliphatic carbocycles. The molecule has 10 aromatic carbocycles. The van der Waals surface area contributed by atoms with Crippen LogP contribution < -0.4 is 4.90 Å². The van der Waals surface area contributed by atoms with Crippen LogP contribution >= 0.6 is 0 Å². The molecule has 0 amide bonds. The lowest BCUT2D eigenvalue weighted by molar-refractivity contribution is 1.17. The van der Waals surface area contributed by atoms with Gasteiger partial charge in [0.15, 0.2) is 0 Å². The third kappa shape index (κ3) is 6.76. The Kier molecular flexibility index (Phi) is 9.43. The van der Waals surface area contributed by atoms with Crippen LogP contribution in [0, 0.1) is 0 Å². The molecule has 68 heavy (non-hydrogen) atoms. The molecule has 0 atom stereocenters. The third-order valence-corrected chi connectivity index (χ3v) is 13.2. The Labute approximate surface area is 393 Å². The number of nitrogens with zero attached hydrogens (tertiary/aromatic N) is 5. The molecule has 13 aromatic rings. The molecule has 0 spiro atoms. The van der Waals surface area contributed by atoms with E-state index in [0.717, 1.165) is 78.2 Å². The summed E-state index contributed by atoms with van der Waals surface area (Å²) in [5.74, 6) is 0. The van der Waals surface area contributed by atoms with Crippen molar-refractivity contribution in [1.82, 2.24) is 19.5 Å². The van der Waals surface area contributed by atoms with Gasteiger partial charge in [-0.2, -0.15) is 0 Å². The van der Waals surface area contributed by atoms with E-state index in [-0.39, 0.29) is 0 Å². The number of rotatable bonds is 8. The van der Waals surface area contributed by atoms with Gasteiger partial charge in [0.25, 0.3) is 0 Å². The van der Waals surface area contributed by atoms with Crippen molar-refractivity contribution in [3.05, 3.63) is 249 Å². The van der Waals surface area contributed by atoms with Gasteiger partial charge in [-0.05, 0) is 112 Å². The molecule has 0 fully saturated rings. The molecule has 0 N–H and O–H groups in total. The van der Waals surface area contributed by atoms with Gasteiger partial charge in [-0.1, -0.05) is 164 Å². The van der Waals surface area contributed by atoms with E-state index in [2.05, 4.69) is 204 Å². The molecule has 0 aliphatic rings. The minimum atomic E-state index is 0.845. The quantitative estimate of drug-likeness (QED) is 0.153. The van der Waals surface area contributed by atoms with Crippen LogP contribution in [0.15, 0.2) is 249 Å². The van der Waals surface area contributed by atoms with E-state index in [9.17, 15) is 0 Å². The fourth-order valence-electron chi connectivity index (χ4n) is 9.96. The number of fused-ring (bicyclic) bond motifs is 6. The number of hydrogen-bond donors (Lipinski definition) is 0. The molecule has 0 saturated heterocycles. The van der Waals surface area contributed by atoms with Crippen LogP contribution in [0.25, 0.3) is 105 Å². The number of hydrogen-bond acceptors (Lipinski definition) is 4. The molecule has 0 aliphatic heterocycles. The first kappa shape index (κ1) is 39.2. The zero-order chi connectivity index (χ0) is 45.0. The van der Waals surface area contributed by atoms with Gasteiger partial charge in [0.05, 0.1) is 44.7 Å². The smallest absolute Gasteiger partial charge is 0.0973 e. The van der Waals surface area contributed by atoms with E-state index in [4.69, 9.17) is 15.0 Å². The Morgan fingerprint density at radius 2 is 0.912 bits per heavy atom. The van der Waals surface area contributed by atoms with Crippen molar-refractivity contribution >= 4 is 71.6 Å². The first-order valence-corrected chi connectivity index (χ1v) is 23.0. The monoisotopic (exact) mass is 867 g/mol. The van der Waals surface area contributed by atoms with Crippen LogP contribution in [0.2, 0.25) is 0 Å². The average Bonchev–Trinajstić information content (AvgIpc) is 3.75. The van der Waals surface area contributed by atoms with Crippen molar-refractivity contribution in [2.45, 2.75) is 0 Å². The molecule has 0 radical (unpaired) electrons. The van der Waals surface area contributed by atoms with Crippen molar-refractivity contribution in [2.24, 2.45) is 0 Å². The Bertz CT molecular complexity index is 4000. The second-order valence-corrected chi connectivity index (χ2v) is 17.2. The van der Waals surface area contributed by atoms with Gasteiger partial charge in [0, 0.05) is 50.5 Å². The molecular formula is C63H41N5. The summed E-state index contributed by atoms with van der Waals surface area (Å²) in [4.78, 5) is 17.5. The molecule has 318 valence electrons. The van der Waals surface area contributed by atoms with Crippen molar-refractivity contribution in [3.63, 3.8) is 0 Å². The fourth-order valence-corrected chi connectivity index (χ4v) is 9.96. The second-order valence-electron chi connectivity index (χ2n) is 17.2. The number of anilines is 3. The fraction of sp³-hybridized carbons (Fsp3) is 0. The van der Waals surface area contributed by atoms with Gasteiger partial charge >= 0.3 is 0 Å². The van der Waals surface area contributed by atoms with Crippen LogP contribution in [-0.2, 0) is 0 Å². The first-order chi connectivity index (χ1) is 33.7. The molecule has 13 rings (SSSR count). The van der Waals surface area contributed by atoms with Crippen molar-refractivity contribution in [3.8, 4) is 50.5 Å². The Balaban J connectivity index is 0.884. The highest BCUT2D eigenvalue weighted by molar-refractivity contribution is 6.10. The topological polar surface area (TPSA) is 46.8 Å². The largest absolute Gasteiger partial charge is 0.309 e. The predicted octanol–water partition coefficient (Wildman–Crippen LogP) is 16.6. The van der Waals surface area contributed by atoms with Gasteiger partial charge in [-0.15, -0.1) is 0 Å². The summed E-state index contributed by atoms with van der Waals surface area (Å²) in [5.41, 5.74) is 17.6. The van der Waals surface area contributed by atoms with E-state index in [1.54, 1.807) is 0 Å². The number of aromatic nitrogens is 4.